The molecule has 0 aliphatic carbocycles. The number of nitrogens with two attached hydrogens (primary N) is 1. The second-order valence-corrected chi connectivity index (χ2v) is 4.79. The second kappa shape index (κ2) is 6.94. The van der Waals surface area contributed by atoms with Gasteiger partial charge in [-0.2, -0.15) is 0 Å². The molecule has 1 rings (SSSR count). The molecule has 0 bridgehead atoms. The van der Waals surface area contributed by atoms with E-state index in [2.05, 4.69) is 10.6 Å². The van der Waals surface area contributed by atoms with Crippen molar-refractivity contribution >= 4 is 11.8 Å². The van der Waals surface area contributed by atoms with Gasteiger partial charge in [-0.25, -0.2) is 0 Å². The molecule has 0 saturated carbocycles. The van der Waals surface area contributed by atoms with Gasteiger partial charge in [-0.05, 0) is 25.0 Å². The van der Waals surface area contributed by atoms with Gasteiger partial charge < -0.3 is 20.8 Å². The maximum Gasteiger partial charge on any atom is 0.239 e. The zero-order valence-corrected chi connectivity index (χ0v) is 11.5. The molecule has 0 fully saturated rings. The highest BCUT2D eigenvalue weighted by atomic mass is 16.3. The number of amides is 2. The van der Waals surface area contributed by atoms with Crippen molar-refractivity contribution in [3.63, 3.8) is 0 Å². The van der Waals surface area contributed by atoms with Crippen molar-refractivity contribution in [2.75, 3.05) is 6.54 Å². The van der Waals surface area contributed by atoms with E-state index in [-0.39, 0.29) is 30.3 Å². The zero-order valence-electron chi connectivity index (χ0n) is 11.5. The molecular weight excluding hydrogens is 246 g/mol. The summed E-state index contributed by atoms with van der Waals surface area (Å²) in [7, 11) is 0. The Kier molecular flexibility index (Phi) is 5.57. The summed E-state index contributed by atoms with van der Waals surface area (Å²) < 4.78 is 5.17. The Bertz CT molecular complexity index is 415. The first-order valence-electron chi connectivity index (χ1n) is 6.28. The largest absolute Gasteiger partial charge is 0.467 e. The molecule has 2 amide bonds. The van der Waals surface area contributed by atoms with E-state index < -0.39 is 6.04 Å². The molecule has 1 heterocycles. The molecule has 0 spiro atoms. The molecule has 1 aromatic heterocycles. The van der Waals surface area contributed by atoms with Gasteiger partial charge in [0.05, 0.1) is 24.9 Å². The van der Waals surface area contributed by atoms with Crippen molar-refractivity contribution in [2.45, 2.75) is 32.9 Å². The maximum atomic E-state index is 11.6. The average molecular weight is 267 g/mol. The average Bonchev–Trinajstić information content (AvgIpc) is 2.88. The van der Waals surface area contributed by atoms with Crippen molar-refractivity contribution < 1.29 is 14.0 Å². The van der Waals surface area contributed by atoms with Crippen LogP contribution in [0.25, 0.3) is 0 Å². The Morgan fingerprint density at radius 3 is 2.58 bits per heavy atom. The van der Waals surface area contributed by atoms with Gasteiger partial charge in [0.2, 0.25) is 11.8 Å². The lowest BCUT2D eigenvalue weighted by atomic mass is 10.1. The molecule has 19 heavy (non-hydrogen) atoms. The van der Waals surface area contributed by atoms with Gasteiger partial charge in [0.15, 0.2) is 0 Å². The van der Waals surface area contributed by atoms with E-state index in [1.807, 2.05) is 13.8 Å². The molecule has 0 aromatic carbocycles. The lowest BCUT2D eigenvalue weighted by Crippen LogP contribution is -2.47. The van der Waals surface area contributed by atoms with Crippen LogP contribution in [0.4, 0.5) is 0 Å². The molecule has 2 atom stereocenters. The standard InChI is InChI=1S/C13H21N3O3/c1-8(2)12(14)13(18)15-7-11(17)16-9(3)10-5-4-6-19-10/h4-6,8-9,12H,7,14H2,1-3H3,(H,15,18)(H,16,17)/t9-,12+/m1/s1. The monoisotopic (exact) mass is 267 g/mol. The third-order valence-electron chi connectivity index (χ3n) is 2.79. The predicted octanol–water partition coefficient (Wildman–Crippen LogP) is 0.556. The summed E-state index contributed by atoms with van der Waals surface area (Å²) in [6, 6.07) is 2.69. The van der Waals surface area contributed by atoms with Crippen molar-refractivity contribution in [3.05, 3.63) is 24.2 Å². The van der Waals surface area contributed by atoms with Gasteiger partial charge in [0, 0.05) is 0 Å². The highest BCUT2D eigenvalue weighted by Crippen LogP contribution is 2.11. The van der Waals surface area contributed by atoms with Crippen LogP contribution in [-0.2, 0) is 9.59 Å². The summed E-state index contributed by atoms with van der Waals surface area (Å²) in [6.45, 7) is 5.41. The molecular formula is C13H21N3O3. The highest BCUT2D eigenvalue weighted by Gasteiger charge is 2.18. The van der Waals surface area contributed by atoms with E-state index in [1.165, 1.54) is 0 Å². The minimum Gasteiger partial charge on any atom is -0.467 e. The first-order chi connectivity index (χ1) is 8.91. The van der Waals surface area contributed by atoms with Crippen LogP contribution < -0.4 is 16.4 Å². The van der Waals surface area contributed by atoms with Gasteiger partial charge in [-0.15, -0.1) is 0 Å². The number of carbonyl (C=O) groups excluding carboxylic acids is 2. The van der Waals surface area contributed by atoms with E-state index in [4.69, 9.17) is 10.2 Å². The third-order valence-corrected chi connectivity index (χ3v) is 2.79. The fourth-order valence-corrected chi connectivity index (χ4v) is 1.49. The van der Waals surface area contributed by atoms with Gasteiger partial charge in [-0.3, -0.25) is 9.59 Å². The summed E-state index contributed by atoms with van der Waals surface area (Å²) >= 11 is 0. The fraction of sp³-hybridized carbons (Fsp3) is 0.538. The lowest BCUT2D eigenvalue weighted by molar-refractivity contribution is -0.127. The smallest absolute Gasteiger partial charge is 0.239 e. The first-order valence-corrected chi connectivity index (χ1v) is 6.28. The topological polar surface area (TPSA) is 97.4 Å². The van der Waals surface area contributed by atoms with Crippen LogP contribution >= 0.6 is 0 Å². The molecule has 6 heteroatoms. The maximum absolute atomic E-state index is 11.6. The SMILES string of the molecule is CC(C)[C@H](N)C(=O)NCC(=O)N[C@H](C)c1ccco1. The number of furan rings is 1. The number of carbonyl (C=O) groups is 2. The Morgan fingerprint density at radius 2 is 2.05 bits per heavy atom. The molecule has 106 valence electrons. The Morgan fingerprint density at radius 1 is 1.37 bits per heavy atom. The summed E-state index contributed by atoms with van der Waals surface area (Å²) in [5.74, 6) is 0.0904. The van der Waals surface area contributed by atoms with Crippen LogP contribution in [0.5, 0.6) is 0 Å². The molecule has 0 saturated heterocycles. The summed E-state index contributed by atoms with van der Waals surface area (Å²) in [6.07, 6.45) is 1.54. The van der Waals surface area contributed by atoms with E-state index in [0.717, 1.165) is 0 Å². The van der Waals surface area contributed by atoms with Gasteiger partial charge >= 0.3 is 0 Å². The van der Waals surface area contributed by atoms with E-state index in [9.17, 15) is 9.59 Å². The molecule has 0 unspecified atom stereocenters. The normalized spacial score (nSPS) is 13.9. The van der Waals surface area contributed by atoms with Crippen LogP contribution in [-0.4, -0.2) is 24.4 Å². The fourth-order valence-electron chi connectivity index (χ4n) is 1.49. The van der Waals surface area contributed by atoms with Crippen molar-refractivity contribution in [1.29, 1.82) is 0 Å². The number of hydrogen-bond donors (Lipinski definition) is 3. The Labute approximate surface area is 112 Å². The molecule has 0 aliphatic rings. The number of hydrogen-bond acceptors (Lipinski definition) is 4. The summed E-state index contributed by atoms with van der Waals surface area (Å²) in [5.41, 5.74) is 5.67. The molecule has 4 N–H and O–H groups in total. The van der Waals surface area contributed by atoms with Crippen molar-refractivity contribution in [3.8, 4) is 0 Å². The lowest BCUT2D eigenvalue weighted by Gasteiger charge is -2.16. The second-order valence-electron chi connectivity index (χ2n) is 4.79. The van der Waals surface area contributed by atoms with Crippen molar-refractivity contribution in [2.24, 2.45) is 11.7 Å². The molecule has 0 aliphatic heterocycles. The summed E-state index contributed by atoms with van der Waals surface area (Å²) in [4.78, 5) is 23.2. The minimum absolute atomic E-state index is 0.0325. The third kappa shape index (κ3) is 4.75. The van der Waals surface area contributed by atoms with Crippen molar-refractivity contribution in [1.82, 2.24) is 10.6 Å². The van der Waals surface area contributed by atoms with E-state index in [0.29, 0.717) is 5.76 Å². The highest BCUT2D eigenvalue weighted by molar-refractivity contribution is 5.87. The van der Waals surface area contributed by atoms with Crippen LogP contribution in [0, 0.1) is 5.92 Å². The van der Waals surface area contributed by atoms with Gasteiger partial charge in [0.25, 0.3) is 0 Å². The summed E-state index contributed by atoms with van der Waals surface area (Å²) in [5, 5.41) is 5.23. The number of rotatable bonds is 6. The minimum atomic E-state index is -0.602. The first kappa shape index (κ1) is 15.2. The Hall–Kier alpha value is -1.82. The van der Waals surface area contributed by atoms with Gasteiger partial charge in [0.1, 0.15) is 5.76 Å². The van der Waals surface area contributed by atoms with E-state index >= 15 is 0 Å². The van der Waals surface area contributed by atoms with E-state index in [1.54, 1.807) is 25.3 Å². The van der Waals surface area contributed by atoms with Crippen LogP contribution in [0.2, 0.25) is 0 Å². The molecule has 1 aromatic rings. The zero-order chi connectivity index (χ0) is 14.4. The molecule has 0 radical (unpaired) electrons. The van der Waals surface area contributed by atoms with Crippen LogP contribution in [0.15, 0.2) is 22.8 Å². The predicted molar refractivity (Wildman–Crippen MR) is 71.1 cm³/mol. The van der Waals surface area contributed by atoms with Gasteiger partial charge in [-0.1, -0.05) is 13.8 Å². The number of nitrogens with one attached hydrogen (secondary N) is 2. The Balaban J connectivity index is 2.34. The van der Waals surface area contributed by atoms with Crippen LogP contribution in [0.1, 0.15) is 32.6 Å². The molecule has 6 nitrogen and oxygen atoms in total. The quantitative estimate of drug-likeness (QED) is 0.701. The van der Waals surface area contributed by atoms with Crippen LogP contribution in [0.3, 0.4) is 0 Å².